The summed E-state index contributed by atoms with van der Waals surface area (Å²) in [4.78, 5) is 21.2. The summed E-state index contributed by atoms with van der Waals surface area (Å²) in [6.07, 6.45) is 3.16. The van der Waals surface area contributed by atoms with Crippen LogP contribution in [0.2, 0.25) is 0 Å². The fraction of sp³-hybridized carbons (Fsp3) is 0.0952. The highest BCUT2D eigenvalue weighted by atomic mass is 16.5. The molecule has 0 spiro atoms. The predicted molar refractivity (Wildman–Crippen MR) is 103 cm³/mol. The highest BCUT2D eigenvalue weighted by molar-refractivity contribution is 6.06. The highest BCUT2D eigenvalue weighted by Gasteiger charge is 2.18. The third kappa shape index (κ3) is 3.25. The minimum Gasteiger partial charge on any atom is -0.497 e. The first kappa shape index (κ1) is 16.8. The van der Waals surface area contributed by atoms with Gasteiger partial charge in [-0.15, -0.1) is 0 Å². The lowest BCUT2D eigenvalue weighted by molar-refractivity contribution is 0.0998. The van der Waals surface area contributed by atoms with Crippen LogP contribution in [0.15, 0.2) is 65.3 Å². The van der Waals surface area contributed by atoms with E-state index in [1.54, 1.807) is 31.6 Å². The van der Waals surface area contributed by atoms with Crippen molar-refractivity contribution in [2.45, 2.75) is 6.92 Å². The highest BCUT2D eigenvalue weighted by Crippen LogP contribution is 2.29. The van der Waals surface area contributed by atoms with Gasteiger partial charge in [-0.3, -0.25) is 4.79 Å². The number of anilines is 1. The molecular formula is C21H17N3O3. The Kier molecular flexibility index (Phi) is 4.30. The van der Waals surface area contributed by atoms with E-state index in [0.29, 0.717) is 22.8 Å². The van der Waals surface area contributed by atoms with E-state index in [2.05, 4.69) is 15.3 Å². The summed E-state index contributed by atoms with van der Waals surface area (Å²) in [6.45, 7) is 1.84. The molecule has 1 amide bonds. The van der Waals surface area contributed by atoms with E-state index in [4.69, 9.17) is 9.15 Å². The van der Waals surface area contributed by atoms with Crippen molar-refractivity contribution in [2.24, 2.45) is 0 Å². The van der Waals surface area contributed by atoms with E-state index in [9.17, 15) is 4.79 Å². The molecule has 0 aliphatic heterocycles. The van der Waals surface area contributed by atoms with Gasteiger partial charge in [-0.25, -0.2) is 9.97 Å². The monoisotopic (exact) mass is 359 g/mol. The Labute approximate surface area is 155 Å². The van der Waals surface area contributed by atoms with Gasteiger partial charge in [-0.05, 0) is 25.1 Å². The topological polar surface area (TPSA) is 77.2 Å². The zero-order valence-electron chi connectivity index (χ0n) is 14.9. The molecule has 134 valence electrons. The summed E-state index contributed by atoms with van der Waals surface area (Å²) < 4.78 is 10.9. The van der Waals surface area contributed by atoms with E-state index in [1.165, 1.54) is 0 Å². The van der Waals surface area contributed by atoms with Crippen LogP contribution in [0.3, 0.4) is 0 Å². The fourth-order valence-corrected chi connectivity index (χ4v) is 2.86. The van der Waals surface area contributed by atoms with Gasteiger partial charge in [0.15, 0.2) is 11.6 Å². The largest absolute Gasteiger partial charge is 0.497 e. The lowest BCUT2D eigenvalue weighted by atomic mass is 10.1. The number of carbonyl (C=O) groups excluding carboxylic acids is 1. The molecule has 0 fully saturated rings. The van der Waals surface area contributed by atoms with Crippen molar-refractivity contribution < 1.29 is 13.9 Å². The first-order chi connectivity index (χ1) is 13.2. The third-order valence-corrected chi connectivity index (χ3v) is 4.29. The number of carbonyl (C=O) groups is 1. The van der Waals surface area contributed by atoms with Crippen LogP contribution >= 0.6 is 0 Å². The number of aromatic nitrogens is 2. The normalized spacial score (nSPS) is 10.7. The van der Waals surface area contributed by atoms with Crippen molar-refractivity contribution in [1.29, 1.82) is 0 Å². The molecule has 0 atom stereocenters. The van der Waals surface area contributed by atoms with Gasteiger partial charge in [0, 0.05) is 16.5 Å². The number of rotatable bonds is 4. The van der Waals surface area contributed by atoms with Crippen LogP contribution in [-0.4, -0.2) is 23.0 Å². The number of benzene rings is 2. The van der Waals surface area contributed by atoms with Crippen LogP contribution in [0.5, 0.6) is 5.75 Å². The Balaban J connectivity index is 1.57. The zero-order chi connectivity index (χ0) is 18.8. The number of fused-ring (bicyclic) bond motifs is 1. The maximum absolute atomic E-state index is 12.6. The number of amides is 1. The van der Waals surface area contributed by atoms with Gasteiger partial charge in [0.25, 0.3) is 5.91 Å². The van der Waals surface area contributed by atoms with Crippen LogP contribution in [0, 0.1) is 6.92 Å². The number of methoxy groups -OCH3 is 1. The molecular weight excluding hydrogens is 342 g/mol. The number of hydrogen-bond acceptors (Lipinski definition) is 5. The van der Waals surface area contributed by atoms with Gasteiger partial charge in [-0.2, -0.15) is 0 Å². The molecule has 0 saturated carbocycles. The molecule has 27 heavy (non-hydrogen) atoms. The molecule has 1 N–H and O–H groups in total. The standard InChI is InChI=1S/C21H17N3O3/c1-13-17-10-16(26-2)8-9-18(17)27-19(13)21(25)24-15-11-22-20(23-12-15)14-6-4-3-5-7-14/h3-12H,1-2H3,(H,24,25). The summed E-state index contributed by atoms with van der Waals surface area (Å²) >= 11 is 0. The number of ether oxygens (including phenoxy) is 1. The molecule has 2 aromatic heterocycles. The van der Waals surface area contributed by atoms with E-state index in [0.717, 1.165) is 16.5 Å². The summed E-state index contributed by atoms with van der Waals surface area (Å²) in [6, 6.07) is 15.1. The average molecular weight is 359 g/mol. The molecule has 4 rings (SSSR count). The van der Waals surface area contributed by atoms with Crippen molar-refractivity contribution in [3.05, 3.63) is 72.2 Å². The molecule has 0 aliphatic carbocycles. The summed E-state index contributed by atoms with van der Waals surface area (Å²) in [7, 11) is 1.60. The van der Waals surface area contributed by atoms with Gasteiger partial charge in [-0.1, -0.05) is 30.3 Å². The molecule has 0 unspecified atom stereocenters. The number of furan rings is 1. The molecule has 0 radical (unpaired) electrons. The Morgan fingerprint density at radius 3 is 2.52 bits per heavy atom. The van der Waals surface area contributed by atoms with Gasteiger partial charge in [0.2, 0.25) is 0 Å². The predicted octanol–water partition coefficient (Wildman–Crippen LogP) is 4.46. The summed E-state index contributed by atoms with van der Waals surface area (Å²) in [5.41, 5.74) is 2.80. The maximum atomic E-state index is 12.6. The van der Waals surface area contributed by atoms with Crippen LogP contribution in [-0.2, 0) is 0 Å². The van der Waals surface area contributed by atoms with Crippen molar-refractivity contribution in [3.8, 4) is 17.1 Å². The fourth-order valence-electron chi connectivity index (χ4n) is 2.86. The van der Waals surface area contributed by atoms with E-state index < -0.39 is 0 Å². The number of nitrogens with one attached hydrogen (secondary N) is 1. The van der Waals surface area contributed by atoms with Crippen LogP contribution in [0.1, 0.15) is 16.1 Å². The molecule has 2 aromatic carbocycles. The molecule has 6 nitrogen and oxygen atoms in total. The smallest absolute Gasteiger partial charge is 0.291 e. The number of hydrogen-bond donors (Lipinski definition) is 1. The van der Waals surface area contributed by atoms with E-state index in [-0.39, 0.29) is 11.7 Å². The molecule has 0 bridgehead atoms. The van der Waals surface area contributed by atoms with Gasteiger partial charge >= 0.3 is 0 Å². The Bertz CT molecular complexity index is 1100. The molecule has 4 aromatic rings. The maximum Gasteiger partial charge on any atom is 0.291 e. The SMILES string of the molecule is COc1ccc2oc(C(=O)Nc3cnc(-c4ccccc4)nc3)c(C)c2c1. The second-order valence-corrected chi connectivity index (χ2v) is 6.03. The van der Waals surface area contributed by atoms with Crippen molar-refractivity contribution >= 4 is 22.6 Å². The quantitative estimate of drug-likeness (QED) is 0.582. The van der Waals surface area contributed by atoms with Gasteiger partial charge in [0.1, 0.15) is 11.3 Å². The van der Waals surface area contributed by atoms with E-state index in [1.807, 2.05) is 43.3 Å². The van der Waals surface area contributed by atoms with Crippen LogP contribution in [0.4, 0.5) is 5.69 Å². The minimum absolute atomic E-state index is 0.255. The molecule has 6 heteroatoms. The first-order valence-electron chi connectivity index (χ1n) is 8.41. The average Bonchev–Trinajstić information content (AvgIpc) is 3.05. The number of nitrogens with zero attached hydrogens (tertiary/aromatic N) is 2. The zero-order valence-corrected chi connectivity index (χ0v) is 14.9. The minimum atomic E-state index is -0.348. The third-order valence-electron chi connectivity index (χ3n) is 4.29. The second kappa shape index (κ2) is 6.92. The Hall–Kier alpha value is -3.67. The van der Waals surface area contributed by atoms with Crippen LogP contribution in [0.25, 0.3) is 22.4 Å². The van der Waals surface area contributed by atoms with Crippen molar-refractivity contribution in [1.82, 2.24) is 9.97 Å². The van der Waals surface area contributed by atoms with Gasteiger partial charge < -0.3 is 14.5 Å². The summed E-state index contributed by atoms with van der Waals surface area (Å²) in [5.74, 6) is 1.22. The molecule has 0 saturated heterocycles. The van der Waals surface area contributed by atoms with E-state index >= 15 is 0 Å². The Morgan fingerprint density at radius 2 is 1.81 bits per heavy atom. The number of aryl methyl sites for hydroxylation is 1. The van der Waals surface area contributed by atoms with Crippen molar-refractivity contribution in [3.63, 3.8) is 0 Å². The summed E-state index contributed by atoms with van der Waals surface area (Å²) in [5, 5.41) is 3.62. The first-order valence-corrected chi connectivity index (χ1v) is 8.41. The molecule has 2 heterocycles. The second-order valence-electron chi connectivity index (χ2n) is 6.03. The van der Waals surface area contributed by atoms with Gasteiger partial charge in [0.05, 0.1) is 25.2 Å². The van der Waals surface area contributed by atoms with Crippen LogP contribution < -0.4 is 10.1 Å². The lowest BCUT2D eigenvalue weighted by Crippen LogP contribution is -2.12. The molecule has 0 aliphatic rings. The Morgan fingerprint density at radius 1 is 1.07 bits per heavy atom. The lowest BCUT2D eigenvalue weighted by Gasteiger charge is -2.04. The van der Waals surface area contributed by atoms with Crippen molar-refractivity contribution in [2.75, 3.05) is 12.4 Å².